The molecule has 0 amide bonds. The van der Waals surface area contributed by atoms with Crippen molar-refractivity contribution < 1.29 is 4.74 Å². The third-order valence-corrected chi connectivity index (χ3v) is 3.98. The van der Waals surface area contributed by atoms with Crippen LogP contribution in [0, 0.1) is 0 Å². The van der Waals surface area contributed by atoms with E-state index >= 15 is 0 Å². The van der Waals surface area contributed by atoms with E-state index in [9.17, 15) is 0 Å². The van der Waals surface area contributed by atoms with E-state index in [4.69, 9.17) is 4.74 Å². The molecule has 5 heteroatoms. The molecule has 0 N–H and O–H groups in total. The minimum Gasteiger partial charge on any atom is -0.497 e. The lowest BCUT2D eigenvalue weighted by Gasteiger charge is -2.06. The molecule has 0 saturated carbocycles. The van der Waals surface area contributed by atoms with E-state index in [2.05, 4.69) is 34.7 Å². The summed E-state index contributed by atoms with van der Waals surface area (Å²) in [6.07, 6.45) is 0. The van der Waals surface area contributed by atoms with E-state index in [0.717, 1.165) is 22.5 Å². The monoisotopic (exact) mass is 277 g/mol. The molecule has 1 heterocycles. The third-order valence-electron chi connectivity index (χ3n) is 2.89. The zero-order valence-electron chi connectivity index (χ0n) is 11.8. The summed E-state index contributed by atoms with van der Waals surface area (Å²) in [6.45, 7) is 4.25. The van der Waals surface area contributed by atoms with Crippen LogP contribution in [0.25, 0.3) is 0 Å². The van der Waals surface area contributed by atoms with Gasteiger partial charge in [-0.1, -0.05) is 37.7 Å². The zero-order chi connectivity index (χ0) is 13.8. The maximum atomic E-state index is 5.22. The number of ether oxygens (including phenoxy) is 1. The standard InChI is InChI=1S/C14H19N3OS/c1-10(2)13-15-16-14(17(13)3)19-9-11-6-5-7-12(8-11)18-4/h5-8,10H,9H2,1-4H3. The van der Waals surface area contributed by atoms with Gasteiger partial charge in [-0.3, -0.25) is 0 Å². The van der Waals surface area contributed by atoms with Crippen LogP contribution in [0.4, 0.5) is 0 Å². The van der Waals surface area contributed by atoms with Crippen LogP contribution >= 0.6 is 11.8 Å². The summed E-state index contributed by atoms with van der Waals surface area (Å²) in [5.41, 5.74) is 1.22. The van der Waals surface area contributed by atoms with Gasteiger partial charge in [-0.05, 0) is 17.7 Å². The summed E-state index contributed by atoms with van der Waals surface area (Å²) in [6, 6.07) is 8.10. The van der Waals surface area contributed by atoms with Crippen molar-refractivity contribution in [3.63, 3.8) is 0 Å². The van der Waals surface area contributed by atoms with Gasteiger partial charge in [-0.25, -0.2) is 0 Å². The number of rotatable bonds is 5. The average molecular weight is 277 g/mol. The predicted molar refractivity (Wildman–Crippen MR) is 77.6 cm³/mol. The topological polar surface area (TPSA) is 39.9 Å². The molecule has 0 aliphatic rings. The van der Waals surface area contributed by atoms with Gasteiger partial charge in [0.1, 0.15) is 11.6 Å². The zero-order valence-corrected chi connectivity index (χ0v) is 12.6. The molecule has 0 aliphatic heterocycles. The van der Waals surface area contributed by atoms with Crippen LogP contribution in [0.3, 0.4) is 0 Å². The number of hydrogen-bond donors (Lipinski definition) is 0. The number of hydrogen-bond acceptors (Lipinski definition) is 4. The van der Waals surface area contributed by atoms with Crippen molar-refractivity contribution in [3.05, 3.63) is 35.7 Å². The van der Waals surface area contributed by atoms with Gasteiger partial charge in [-0.15, -0.1) is 10.2 Å². The smallest absolute Gasteiger partial charge is 0.191 e. The minimum atomic E-state index is 0.392. The lowest BCUT2D eigenvalue weighted by atomic mass is 10.2. The van der Waals surface area contributed by atoms with Crippen LogP contribution in [0.1, 0.15) is 31.2 Å². The normalized spacial score (nSPS) is 11.0. The molecular formula is C14H19N3OS. The van der Waals surface area contributed by atoms with Crippen molar-refractivity contribution in [1.82, 2.24) is 14.8 Å². The summed E-state index contributed by atoms with van der Waals surface area (Å²) in [4.78, 5) is 0. The van der Waals surface area contributed by atoms with Gasteiger partial charge in [0.05, 0.1) is 7.11 Å². The Bertz CT molecular complexity index is 551. The van der Waals surface area contributed by atoms with Crippen molar-refractivity contribution in [2.75, 3.05) is 7.11 Å². The van der Waals surface area contributed by atoms with Crippen LogP contribution < -0.4 is 4.74 Å². The highest BCUT2D eigenvalue weighted by Crippen LogP contribution is 2.24. The van der Waals surface area contributed by atoms with E-state index in [1.165, 1.54) is 5.56 Å². The number of thioether (sulfide) groups is 1. The molecule has 1 aromatic carbocycles. The first-order valence-corrected chi connectivity index (χ1v) is 7.25. The molecule has 0 spiro atoms. The maximum Gasteiger partial charge on any atom is 0.191 e. The van der Waals surface area contributed by atoms with Gasteiger partial charge in [0.15, 0.2) is 5.16 Å². The lowest BCUT2D eigenvalue weighted by molar-refractivity contribution is 0.414. The predicted octanol–water partition coefficient (Wildman–Crippen LogP) is 3.24. The SMILES string of the molecule is COc1cccc(CSc2nnc(C(C)C)n2C)c1. The van der Waals surface area contributed by atoms with Crippen LogP contribution in [-0.2, 0) is 12.8 Å². The highest BCUT2D eigenvalue weighted by molar-refractivity contribution is 7.98. The fourth-order valence-electron chi connectivity index (χ4n) is 1.86. The Morgan fingerprint density at radius 3 is 2.74 bits per heavy atom. The largest absolute Gasteiger partial charge is 0.497 e. The van der Waals surface area contributed by atoms with Crippen molar-refractivity contribution >= 4 is 11.8 Å². The molecule has 0 atom stereocenters. The van der Waals surface area contributed by atoms with Crippen molar-refractivity contribution in [2.24, 2.45) is 7.05 Å². The molecule has 0 saturated heterocycles. The van der Waals surface area contributed by atoms with E-state index < -0.39 is 0 Å². The summed E-state index contributed by atoms with van der Waals surface area (Å²) in [5.74, 6) is 3.16. The molecule has 2 rings (SSSR count). The molecule has 1 aromatic heterocycles. The van der Waals surface area contributed by atoms with Gasteiger partial charge < -0.3 is 9.30 Å². The Hall–Kier alpha value is -1.49. The van der Waals surface area contributed by atoms with Crippen LogP contribution in [-0.4, -0.2) is 21.9 Å². The van der Waals surface area contributed by atoms with Crippen molar-refractivity contribution in [1.29, 1.82) is 0 Å². The van der Waals surface area contributed by atoms with Crippen LogP contribution in [0.2, 0.25) is 0 Å². The van der Waals surface area contributed by atoms with Crippen LogP contribution in [0.15, 0.2) is 29.4 Å². The molecule has 4 nitrogen and oxygen atoms in total. The highest BCUT2D eigenvalue weighted by atomic mass is 32.2. The number of benzene rings is 1. The Kier molecular flexibility index (Phi) is 4.47. The van der Waals surface area contributed by atoms with Gasteiger partial charge in [0.25, 0.3) is 0 Å². The molecule has 19 heavy (non-hydrogen) atoms. The number of nitrogens with zero attached hydrogens (tertiary/aromatic N) is 3. The Labute approximate surface area is 118 Å². The third kappa shape index (κ3) is 3.29. The lowest BCUT2D eigenvalue weighted by Crippen LogP contribution is -2.00. The quantitative estimate of drug-likeness (QED) is 0.787. The first-order chi connectivity index (χ1) is 9.11. The van der Waals surface area contributed by atoms with Crippen molar-refractivity contribution in [2.45, 2.75) is 30.7 Å². The summed E-state index contributed by atoms with van der Waals surface area (Å²) in [5, 5.41) is 9.42. The second-order valence-corrected chi connectivity index (χ2v) is 5.64. The molecule has 0 unspecified atom stereocenters. The Morgan fingerprint density at radius 2 is 2.11 bits per heavy atom. The molecule has 2 aromatic rings. The Balaban J connectivity index is 2.06. The second kappa shape index (κ2) is 6.10. The van der Waals surface area contributed by atoms with E-state index in [1.807, 2.05) is 25.2 Å². The van der Waals surface area contributed by atoms with Gasteiger partial charge >= 0.3 is 0 Å². The minimum absolute atomic E-state index is 0.392. The molecule has 0 fully saturated rings. The number of aromatic nitrogens is 3. The first kappa shape index (κ1) is 13.9. The fraction of sp³-hybridized carbons (Fsp3) is 0.429. The summed E-state index contributed by atoms with van der Waals surface area (Å²) in [7, 11) is 3.70. The molecule has 102 valence electrons. The molecule has 0 bridgehead atoms. The summed E-state index contributed by atoms with van der Waals surface area (Å²) >= 11 is 1.69. The maximum absolute atomic E-state index is 5.22. The van der Waals surface area contributed by atoms with Gasteiger partial charge in [0.2, 0.25) is 0 Å². The van der Waals surface area contributed by atoms with Crippen molar-refractivity contribution in [3.8, 4) is 5.75 Å². The summed E-state index contributed by atoms with van der Waals surface area (Å²) < 4.78 is 7.29. The average Bonchev–Trinajstić information content (AvgIpc) is 2.78. The highest BCUT2D eigenvalue weighted by Gasteiger charge is 2.12. The van der Waals surface area contributed by atoms with Gasteiger partial charge in [-0.2, -0.15) is 0 Å². The molecule has 0 radical (unpaired) electrons. The molecular weight excluding hydrogens is 258 g/mol. The number of methoxy groups -OCH3 is 1. The van der Waals surface area contributed by atoms with E-state index in [1.54, 1.807) is 18.9 Å². The van der Waals surface area contributed by atoms with E-state index in [-0.39, 0.29) is 0 Å². The Morgan fingerprint density at radius 1 is 1.32 bits per heavy atom. The molecule has 0 aliphatic carbocycles. The van der Waals surface area contributed by atoms with Crippen LogP contribution in [0.5, 0.6) is 5.75 Å². The fourth-order valence-corrected chi connectivity index (χ4v) is 2.73. The van der Waals surface area contributed by atoms with E-state index in [0.29, 0.717) is 5.92 Å². The first-order valence-electron chi connectivity index (χ1n) is 6.27. The second-order valence-electron chi connectivity index (χ2n) is 4.69. The van der Waals surface area contributed by atoms with Gasteiger partial charge in [0, 0.05) is 18.7 Å².